The van der Waals surface area contributed by atoms with Crippen LogP contribution in [0.15, 0.2) is 24.3 Å². The van der Waals surface area contributed by atoms with Gasteiger partial charge >= 0.3 is 5.97 Å². The number of carboxylic acids is 1. The van der Waals surface area contributed by atoms with Gasteiger partial charge in [-0.1, -0.05) is 6.07 Å². The molecule has 1 aromatic carbocycles. The highest BCUT2D eigenvalue weighted by Crippen LogP contribution is 2.19. The van der Waals surface area contributed by atoms with Crippen LogP contribution in [-0.2, 0) is 4.79 Å². The Morgan fingerprint density at radius 2 is 2.27 bits per heavy atom. The Kier molecular flexibility index (Phi) is 3.22. The molecule has 15 heavy (non-hydrogen) atoms. The van der Waals surface area contributed by atoms with Gasteiger partial charge in [-0.25, -0.2) is 0 Å². The summed E-state index contributed by atoms with van der Waals surface area (Å²) in [5.74, 6) is -0.982. The van der Waals surface area contributed by atoms with E-state index >= 15 is 0 Å². The van der Waals surface area contributed by atoms with E-state index in [9.17, 15) is 14.9 Å². The van der Waals surface area contributed by atoms with Crippen LogP contribution in [0, 0.1) is 10.1 Å². The second-order valence-corrected chi connectivity index (χ2v) is 3.03. The van der Waals surface area contributed by atoms with E-state index in [1.165, 1.54) is 23.1 Å². The van der Waals surface area contributed by atoms with E-state index < -0.39 is 10.9 Å². The number of carbonyl (C=O) groups is 1. The molecule has 0 bridgehead atoms. The number of carboxylic acid groups (broad SMARTS) is 1. The van der Waals surface area contributed by atoms with Crippen molar-refractivity contribution in [1.82, 2.24) is 0 Å². The van der Waals surface area contributed by atoms with Crippen LogP contribution in [0.2, 0.25) is 0 Å². The highest BCUT2D eigenvalue weighted by atomic mass is 16.6. The van der Waals surface area contributed by atoms with Gasteiger partial charge in [0, 0.05) is 24.9 Å². The first-order chi connectivity index (χ1) is 7.00. The van der Waals surface area contributed by atoms with Gasteiger partial charge in [-0.15, -0.1) is 0 Å². The SMILES string of the molecule is CN(CC(=O)O)c1cccc([N+](=O)[O-])c1. The number of rotatable bonds is 4. The molecule has 80 valence electrons. The van der Waals surface area contributed by atoms with Gasteiger partial charge in [-0.2, -0.15) is 0 Å². The average molecular weight is 210 g/mol. The van der Waals surface area contributed by atoms with Crippen LogP contribution in [0.1, 0.15) is 0 Å². The standard InChI is InChI=1S/C9H10N2O4/c1-10(6-9(12)13)7-3-2-4-8(5-7)11(14)15/h2-5H,6H2,1H3,(H,12,13). The Labute approximate surface area is 85.9 Å². The van der Waals surface area contributed by atoms with Gasteiger partial charge in [0.15, 0.2) is 0 Å². The smallest absolute Gasteiger partial charge is 0.323 e. The predicted octanol–water partition coefficient (Wildman–Crippen LogP) is 1.12. The maximum absolute atomic E-state index is 10.5. The van der Waals surface area contributed by atoms with Gasteiger partial charge in [0.2, 0.25) is 0 Å². The van der Waals surface area contributed by atoms with Crippen LogP contribution in [0.5, 0.6) is 0 Å². The van der Waals surface area contributed by atoms with Crippen LogP contribution in [0.4, 0.5) is 11.4 Å². The van der Waals surface area contributed by atoms with Crippen molar-refractivity contribution in [3.63, 3.8) is 0 Å². The topological polar surface area (TPSA) is 83.7 Å². The lowest BCUT2D eigenvalue weighted by Gasteiger charge is -2.15. The molecule has 0 saturated carbocycles. The van der Waals surface area contributed by atoms with Crippen molar-refractivity contribution in [2.75, 3.05) is 18.5 Å². The lowest BCUT2D eigenvalue weighted by atomic mass is 10.2. The molecule has 1 aromatic rings. The van der Waals surface area contributed by atoms with Crippen LogP contribution in [0.3, 0.4) is 0 Å². The molecule has 0 heterocycles. The van der Waals surface area contributed by atoms with E-state index in [1.807, 2.05) is 0 Å². The Bertz CT molecular complexity index is 391. The van der Waals surface area contributed by atoms with Crippen LogP contribution in [0.25, 0.3) is 0 Å². The van der Waals surface area contributed by atoms with Crippen molar-refractivity contribution < 1.29 is 14.8 Å². The number of aliphatic carboxylic acids is 1. The van der Waals surface area contributed by atoms with E-state index in [1.54, 1.807) is 13.1 Å². The van der Waals surface area contributed by atoms with Gasteiger partial charge in [0.25, 0.3) is 5.69 Å². The van der Waals surface area contributed by atoms with Crippen molar-refractivity contribution in [3.05, 3.63) is 34.4 Å². The lowest BCUT2D eigenvalue weighted by molar-refractivity contribution is -0.384. The summed E-state index contributed by atoms with van der Waals surface area (Å²) in [4.78, 5) is 21.8. The number of likely N-dealkylation sites (N-methyl/N-ethyl adjacent to an activating group) is 1. The minimum absolute atomic E-state index is 0.0512. The summed E-state index contributed by atoms with van der Waals surface area (Å²) in [6.07, 6.45) is 0. The normalized spacial score (nSPS) is 9.67. The fourth-order valence-corrected chi connectivity index (χ4v) is 1.14. The summed E-state index contributed by atoms with van der Waals surface area (Å²) in [7, 11) is 1.56. The van der Waals surface area contributed by atoms with Crippen LogP contribution < -0.4 is 4.90 Å². The summed E-state index contributed by atoms with van der Waals surface area (Å²) in [6, 6.07) is 5.84. The molecule has 0 aliphatic carbocycles. The highest BCUT2D eigenvalue weighted by Gasteiger charge is 2.10. The molecule has 0 aliphatic rings. The fraction of sp³-hybridized carbons (Fsp3) is 0.222. The molecule has 0 saturated heterocycles. The zero-order valence-electron chi connectivity index (χ0n) is 8.08. The zero-order valence-corrected chi connectivity index (χ0v) is 8.08. The minimum atomic E-state index is -0.982. The van der Waals surface area contributed by atoms with Gasteiger partial charge < -0.3 is 10.0 Å². The molecule has 0 spiro atoms. The average Bonchev–Trinajstić information content (AvgIpc) is 2.17. The predicted molar refractivity (Wildman–Crippen MR) is 54.0 cm³/mol. The maximum atomic E-state index is 10.5. The van der Waals surface area contributed by atoms with E-state index in [0.29, 0.717) is 5.69 Å². The number of benzene rings is 1. The molecule has 6 nitrogen and oxygen atoms in total. The molecule has 6 heteroatoms. The third-order valence-corrected chi connectivity index (χ3v) is 1.85. The number of anilines is 1. The number of hydrogen-bond acceptors (Lipinski definition) is 4. The van der Waals surface area contributed by atoms with Gasteiger partial charge in [0.05, 0.1) is 4.92 Å². The minimum Gasteiger partial charge on any atom is -0.480 e. The fourth-order valence-electron chi connectivity index (χ4n) is 1.14. The maximum Gasteiger partial charge on any atom is 0.323 e. The number of nitro groups is 1. The second-order valence-electron chi connectivity index (χ2n) is 3.03. The summed E-state index contributed by atoms with van der Waals surface area (Å²) >= 11 is 0. The quantitative estimate of drug-likeness (QED) is 0.594. The number of nitrogens with zero attached hydrogens (tertiary/aromatic N) is 2. The highest BCUT2D eigenvalue weighted by molar-refractivity contribution is 5.73. The number of non-ortho nitro benzene ring substituents is 1. The van der Waals surface area contributed by atoms with Gasteiger partial charge in [-0.05, 0) is 6.07 Å². The van der Waals surface area contributed by atoms with Crippen molar-refractivity contribution >= 4 is 17.3 Å². The van der Waals surface area contributed by atoms with Crippen molar-refractivity contribution in [1.29, 1.82) is 0 Å². The summed E-state index contributed by atoms with van der Waals surface area (Å²) in [5, 5.41) is 19.0. The lowest BCUT2D eigenvalue weighted by Crippen LogP contribution is -2.24. The first-order valence-electron chi connectivity index (χ1n) is 4.18. The van der Waals surface area contributed by atoms with E-state index in [0.717, 1.165) is 0 Å². The number of nitro benzene ring substituents is 1. The van der Waals surface area contributed by atoms with Crippen LogP contribution >= 0.6 is 0 Å². The monoisotopic (exact) mass is 210 g/mol. The Hall–Kier alpha value is -2.11. The first kappa shape index (κ1) is 11.0. The molecule has 0 aliphatic heterocycles. The van der Waals surface area contributed by atoms with Crippen molar-refractivity contribution in [2.45, 2.75) is 0 Å². The molecule has 0 unspecified atom stereocenters. The molecular weight excluding hydrogens is 200 g/mol. The van der Waals surface area contributed by atoms with E-state index in [2.05, 4.69) is 0 Å². The largest absolute Gasteiger partial charge is 0.480 e. The first-order valence-corrected chi connectivity index (χ1v) is 4.18. The molecule has 1 rings (SSSR count). The van der Waals surface area contributed by atoms with Gasteiger partial charge in [0.1, 0.15) is 6.54 Å². The summed E-state index contributed by atoms with van der Waals surface area (Å²) in [6.45, 7) is -0.193. The van der Waals surface area contributed by atoms with Crippen molar-refractivity contribution in [3.8, 4) is 0 Å². The third-order valence-electron chi connectivity index (χ3n) is 1.85. The van der Waals surface area contributed by atoms with Crippen LogP contribution in [-0.4, -0.2) is 29.6 Å². The molecule has 0 aromatic heterocycles. The van der Waals surface area contributed by atoms with E-state index in [4.69, 9.17) is 5.11 Å². The Morgan fingerprint density at radius 3 is 2.80 bits per heavy atom. The molecule has 1 N–H and O–H groups in total. The molecule has 0 atom stereocenters. The third kappa shape index (κ3) is 2.94. The van der Waals surface area contributed by atoms with Gasteiger partial charge in [-0.3, -0.25) is 14.9 Å². The Balaban J connectivity index is 2.89. The molecular formula is C9H10N2O4. The van der Waals surface area contributed by atoms with E-state index in [-0.39, 0.29) is 12.2 Å². The van der Waals surface area contributed by atoms with Crippen molar-refractivity contribution in [2.24, 2.45) is 0 Å². The zero-order chi connectivity index (χ0) is 11.4. The summed E-state index contributed by atoms with van der Waals surface area (Å²) in [5.41, 5.74) is 0.455. The molecule has 0 fully saturated rings. The summed E-state index contributed by atoms with van der Waals surface area (Å²) < 4.78 is 0. The number of hydrogen-bond donors (Lipinski definition) is 1. The molecule has 0 amide bonds. The Morgan fingerprint density at radius 1 is 1.60 bits per heavy atom. The second kappa shape index (κ2) is 4.41. The molecule has 0 radical (unpaired) electrons.